The molecule has 2 heteroatoms. The van der Waals surface area contributed by atoms with Crippen LogP contribution in [0.2, 0.25) is 0 Å². The molecule has 120 valence electrons. The van der Waals surface area contributed by atoms with E-state index in [1.807, 2.05) is 6.07 Å². The van der Waals surface area contributed by atoms with Gasteiger partial charge >= 0.3 is 152 Å². The Balaban J connectivity index is 1.78. The standard InChI is InChI=1S/C22H21NSe/c1-17(19-12-6-3-7-13-19)23-22(24)21-15-9-8-14-20(21)16-18-10-4-2-5-11-18/h2-15,17H,16H2,1H3,(H,23,24)/t17-/m1/s1. The number of benzene rings is 3. The molecule has 1 atom stereocenters. The number of hydrogen-bond donors (Lipinski definition) is 1. The molecule has 3 aromatic rings. The van der Waals surface area contributed by atoms with E-state index in [0.29, 0.717) is 0 Å². The molecule has 0 saturated heterocycles. The van der Waals surface area contributed by atoms with E-state index >= 15 is 0 Å². The van der Waals surface area contributed by atoms with E-state index in [1.165, 1.54) is 22.3 Å². The predicted octanol–water partition coefficient (Wildman–Crippen LogP) is 4.27. The van der Waals surface area contributed by atoms with Crippen molar-refractivity contribution in [3.8, 4) is 0 Å². The van der Waals surface area contributed by atoms with Crippen molar-refractivity contribution in [2.45, 2.75) is 19.4 Å². The van der Waals surface area contributed by atoms with Crippen LogP contribution in [0.25, 0.3) is 0 Å². The van der Waals surface area contributed by atoms with Crippen LogP contribution in [0.3, 0.4) is 0 Å². The van der Waals surface area contributed by atoms with E-state index < -0.39 is 0 Å². The molecule has 3 rings (SSSR count). The molecule has 0 unspecified atom stereocenters. The molecular weight excluding hydrogens is 357 g/mol. The molecular formula is C22H21NSe. The van der Waals surface area contributed by atoms with Crippen LogP contribution in [0, 0.1) is 0 Å². The Morgan fingerprint density at radius 2 is 1.42 bits per heavy atom. The molecule has 24 heavy (non-hydrogen) atoms. The molecule has 0 aromatic heterocycles. The van der Waals surface area contributed by atoms with Gasteiger partial charge in [0.15, 0.2) is 0 Å². The van der Waals surface area contributed by atoms with Gasteiger partial charge in [-0.1, -0.05) is 0 Å². The van der Waals surface area contributed by atoms with Gasteiger partial charge < -0.3 is 0 Å². The monoisotopic (exact) mass is 379 g/mol. The van der Waals surface area contributed by atoms with Gasteiger partial charge in [0.25, 0.3) is 0 Å². The number of hydrogen-bond acceptors (Lipinski definition) is 1. The first-order chi connectivity index (χ1) is 11.7. The molecule has 0 aliphatic heterocycles. The van der Waals surface area contributed by atoms with E-state index in [1.54, 1.807) is 0 Å². The van der Waals surface area contributed by atoms with Crippen LogP contribution in [-0.4, -0.2) is 20.1 Å². The third-order valence-corrected chi connectivity index (χ3v) is 4.86. The summed E-state index contributed by atoms with van der Waals surface area (Å²) in [4.78, 5) is 0. The Kier molecular flexibility index (Phi) is 5.63. The van der Waals surface area contributed by atoms with Gasteiger partial charge in [-0.15, -0.1) is 0 Å². The molecule has 0 bridgehead atoms. The zero-order valence-electron chi connectivity index (χ0n) is 13.8. The van der Waals surface area contributed by atoms with Crippen LogP contribution in [0.5, 0.6) is 0 Å². The number of nitrogens with one attached hydrogen (secondary N) is 1. The quantitative estimate of drug-likeness (QED) is 0.632. The fourth-order valence-corrected chi connectivity index (χ4v) is 3.60. The summed E-state index contributed by atoms with van der Waals surface area (Å²) >= 11 is 3.23. The summed E-state index contributed by atoms with van der Waals surface area (Å²) in [7, 11) is 0. The maximum atomic E-state index is 3.60. The van der Waals surface area contributed by atoms with Crippen molar-refractivity contribution >= 4 is 20.1 Å². The minimum atomic E-state index is 0.257. The van der Waals surface area contributed by atoms with Crippen LogP contribution in [0.1, 0.15) is 35.2 Å². The third-order valence-electron chi connectivity index (χ3n) is 4.15. The van der Waals surface area contributed by atoms with Crippen molar-refractivity contribution in [3.05, 3.63) is 107 Å². The molecule has 0 amide bonds. The van der Waals surface area contributed by atoms with Crippen molar-refractivity contribution in [2.24, 2.45) is 0 Å². The van der Waals surface area contributed by atoms with Gasteiger partial charge in [0.1, 0.15) is 0 Å². The topological polar surface area (TPSA) is 12.0 Å². The van der Waals surface area contributed by atoms with E-state index in [0.717, 1.165) is 11.0 Å². The van der Waals surface area contributed by atoms with E-state index in [2.05, 4.69) is 107 Å². The molecule has 0 fully saturated rings. The van der Waals surface area contributed by atoms with Gasteiger partial charge in [-0.2, -0.15) is 0 Å². The fraction of sp³-hybridized carbons (Fsp3) is 0.136. The van der Waals surface area contributed by atoms with Crippen molar-refractivity contribution in [1.82, 2.24) is 5.32 Å². The second-order valence-electron chi connectivity index (χ2n) is 5.93. The summed E-state index contributed by atoms with van der Waals surface area (Å²) in [6, 6.07) is 29.9. The third kappa shape index (κ3) is 4.23. The Morgan fingerprint density at radius 3 is 2.12 bits per heavy atom. The van der Waals surface area contributed by atoms with Gasteiger partial charge in [-0.05, 0) is 0 Å². The van der Waals surface area contributed by atoms with Crippen LogP contribution in [0.4, 0.5) is 0 Å². The first-order valence-electron chi connectivity index (χ1n) is 8.21. The maximum absolute atomic E-state index is 3.60. The zero-order valence-corrected chi connectivity index (χ0v) is 15.5. The molecule has 0 heterocycles. The Labute approximate surface area is 152 Å². The van der Waals surface area contributed by atoms with Crippen molar-refractivity contribution in [2.75, 3.05) is 0 Å². The van der Waals surface area contributed by atoms with Crippen LogP contribution in [0.15, 0.2) is 84.9 Å². The predicted molar refractivity (Wildman–Crippen MR) is 104 cm³/mol. The van der Waals surface area contributed by atoms with Gasteiger partial charge in [0, 0.05) is 0 Å². The van der Waals surface area contributed by atoms with Crippen molar-refractivity contribution < 1.29 is 0 Å². The summed E-state index contributed by atoms with van der Waals surface area (Å²) in [5.41, 5.74) is 5.17. The summed E-state index contributed by atoms with van der Waals surface area (Å²) in [5, 5.41) is 3.60. The molecule has 0 radical (unpaired) electrons. The Bertz CT molecular complexity index is 796. The summed E-state index contributed by atoms with van der Waals surface area (Å²) in [5.74, 6) is 0. The SMILES string of the molecule is C[C@@H](NC(=[Se])c1ccccc1Cc1ccccc1)c1ccccc1. The molecule has 1 N–H and O–H groups in total. The van der Waals surface area contributed by atoms with Crippen LogP contribution >= 0.6 is 0 Å². The van der Waals surface area contributed by atoms with Crippen molar-refractivity contribution in [3.63, 3.8) is 0 Å². The van der Waals surface area contributed by atoms with Gasteiger partial charge in [-0.25, -0.2) is 0 Å². The normalized spacial score (nSPS) is 11.7. The number of rotatable bonds is 6. The van der Waals surface area contributed by atoms with Crippen LogP contribution in [-0.2, 0) is 6.42 Å². The molecule has 0 saturated carbocycles. The molecule has 0 aliphatic carbocycles. The van der Waals surface area contributed by atoms with Crippen molar-refractivity contribution in [1.29, 1.82) is 0 Å². The summed E-state index contributed by atoms with van der Waals surface area (Å²) in [6.45, 7) is 2.19. The Hall–Kier alpha value is -2.15. The fourth-order valence-electron chi connectivity index (χ4n) is 2.81. The van der Waals surface area contributed by atoms with E-state index in [-0.39, 0.29) is 6.04 Å². The van der Waals surface area contributed by atoms with Gasteiger partial charge in [-0.3, -0.25) is 0 Å². The molecule has 3 aromatic carbocycles. The second-order valence-corrected chi connectivity index (χ2v) is 6.78. The molecule has 0 spiro atoms. The van der Waals surface area contributed by atoms with Gasteiger partial charge in [0.2, 0.25) is 0 Å². The first-order valence-corrected chi connectivity index (χ1v) is 9.07. The summed E-state index contributed by atoms with van der Waals surface area (Å²) in [6.07, 6.45) is 0.934. The summed E-state index contributed by atoms with van der Waals surface area (Å²) < 4.78 is 1.10. The van der Waals surface area contributed by atoms with E-state index in [9.17, 15) is 0 Å². The molecule has 1 nitrogen and oxygen atoms in total. The van der Waals surface area contributed by atoms with Gasteiger partial charge in [0.05, 0.1) is 0 Å². The second kappa shape index (κ2) is 8.10. The van der Waals surface area contributed by atoms with Crippen LogP contribution < -0.4 is 5.32 Å². The average molecular weight is 378 g/mol. The molecule has 0 aliphatic rings. The first kappa shape index (κ1) is 16.7. The Morgan fingerprint density at radius 1 is 0.833 bits per heavy atom. The minimum absolute atomic E-state index is 0.257. The average Bonchev–Trinajstić information content (AvgIpc) is 2.63. The zero-order chi connectivity index (χ0) is 16.8. The van der Waals surface area contributed by atoms with E-state index in [4.69, 9.17) is 0 Å².